The molecule has 0 radical (unpaired) electrons. The van der Waals surface area contributed by atoms with Gasteiger partial charge in [0, 0.05) is 58.0 Å². The van der Waals surface area contributed by atoms with Gasteiger partial charge >= 0.3 is 0 Å². The number of benzene rings is 1. The Morgan fingerprint density at radius 2 is 1.57 bits per heavy atom. The highest BCUT2D eigenvalue weighted by molar-refractivity contribution is 7.89. The predicted octanol–water partition coefficient (Wildman–Crippen LogP) is 1.70. The molecular formula is C25H30N4O6S2. The maximum atomic E-state index is 13.1. The molecule has 1 aromatic heterocycles. The number of morpholine rings is 2. The number of carbonyl (C=O) groups excluding carboxylic acids is 1. The van der Waals surface area contributed by atoms with Crippen molar-refractivity contribution in [3.63, 3.8) is 0 Å². The smallest absolute Gasteiger partial charge is 0.276 e. The maximum Gasteiger partial charge on any atom is 0.276 e. The van der Waals surface area contributed by atoms with E-state index in [0.29, 0.717) is 68.4 Å². The molecule has 198 valence electrons. The Hall–Kier alpha value is -2.61. The summed E-state index contributed by atoms with van der Waals surface area (Å²) in [5.41, 5.74) is 1.18. The van der Waals surface area contributed by atoms with Crippen LogP contribution in [0.4, 0.5) is 0 Å². The van der Waals surface area contributed by atoms with Crippen LogP contribution in [0.2, 0.25) is 0 Å². The van der Waals surface area contributed by atoms with Gasteiger partial charge in [-0.2, -0.15) is 4.31 Å². The predicted molar refractivity (Wildman–Crippen MR) is 141 cm³/mol. The van der Waals surface area contributed by atoms with Crippen LogP contribution < -0.4 is 0 Å². The van der Waals surface area contributed by atoms with Gasteiger partial charge in [0.25, 0.3) is 5.91 Å². The average Bonchev–Trinajstić information content (AvgIpc) is 3.48. The second-order valence-corrected chi connectivity index (χ2v) is 11.3. The van der Waals surface area contributed by atoms with Crippen LogP contribution in [-0.4, -0.2) is 111 Å². The second kappa shape index (κ2) is 11.0. The fraction of sp³-hybridized carbons (Fsp3) is 0.440. The van der Waals surface area contributed by atoms with Crippen molar-refractivity contribution < 1.29 is 27.1 Å². The Morgan fingerprint density at radius 1 is 0.919 bits per heavy atom. The number of amides is 1. The Kier molecular flexibility index (Phi) is 7.75. The first-order valence-electron chi connectivity index (χ1n) is 12.2. The minimum absolute atomic E-state index is 0.156. The van der Waals surface area contributed by atoms with E-state index in [2.05, 4.69) is 4.90 Å². The minimum atomic E-state index is -3.56. The first-order chi connectivity index (χ1) is 17.8. The molecule has 0 atom stereocenters. The van der Waals surface area contributed by atoms with E-state index < -0.39 is 10.0 Å². The lowest BCUT2D eigenvalue weighted by Gasteiger charge is -2.28. The lowest BCUT2D eigenvalue weighted by Crippen LogP contribution is -2.43. The summed E-state index contributed by atoms with van der Waals surface area (Å²) in [7, 11) is -1.79. The highest BCUT2D eigenvalue weighted by Crippen LogP contribution is 2.28. The van der Waals surface area contributed by atoms with Gasteiger partial charge in [0.1, 0.15) is 17.2 Å². The summed E-state index contributed by atoms with van der Waals surface area (Å²) >= 11 is 5.53. The second-order valence-electron chi connectivity index (χ2n) is 9.02. The monoisotopic (exact) mass is 546 g/mol. The molecule has 1 aromatic carbocycles. The summed E-state index contributed by atoms with van der Waals surface area (Å²) in [5, 5.41) is 0.466. The van der Waals surface area contributed by atoms with Crippen molar-refractivity contribution in [1.29, 1.82) is 0 Å². The highest BCUT2D eigenvalue weighted by Gasteiger charge is 2.36. The standard InChI is InChI=1S/C25H30N4O6S2/c1-26-22(24(30)29(25(26)36)9-8-27-10-14-33-15-11-27)18-20-4-7-23(35-20)19-2-5-21(6-3-19)37(31,32)28-12-16-34-17-13-28/h2-7,18H,8-17H2,1H3. The minimum Gasteiger partial charge on any atom is -0.457 e. The van der Waals surface area contributed by atoms with Gasteiger partial charge in [-0.15, -0.1) is 0 Å². The van der Waals surface area contributed by atoms with Crippen LogP contribution in [0.1, 0.15) is 5.76 Å². The molecule has 5 rings (SSSR count). The van der Waals surface area contributed by atoms with Gasteiger partial charge in [-0.1, -0.05) is 0 Å². The SMILES string of the molecule is CN1C(=S)N(CCN2CCOCC2)C(=O)C1=Cc1ccc(-c2ccc(S(=O)(=O)N3CCOCC3)cc2)o1. The van der Waals surface area contributed by atoms with Gasteiger partial charge in [-0.3, -0.25) is 14.6 Å². The van der Waals surface area contributed by atoms with Crippen LogP contribution in [-0.2, 0) is 24.3 Å². The lowest BCUT2D eigenvalue weighted by molar-refractivity contribution is -0.122. The molecule has 0 bridgehead atoms. The van der Waals surface area contributed by atoms with Gasteiger partial charge < -0.3 is 18.8 Å². The number of sulfonamides is 1. The summed E-state index contributed by atoms with van der Waals surface area (Å²) in [5.74, 6) is 0.923. The van der Waals surface area contributed by atoms with E-state index in [1.54, 1.807) is 59.3 Å². The molecule has 2 aromatic rings. The average molecular weight is 547 g/mol. The number of rotatable bonds is 7. The molecule has 0 unspecified atom stereocenters. The third kappa shape index (κ3) is 5.49. The highest BCUT2D eigenvalue weighted by atomic mass is 32.2. The molecule has 12 heteroatoms. The van der Waals surface area contributed by atoms with Gasteiger partial charge in [0.2, 0.25) is 10.0 Å². The van der Waals surface area contributed by atoms with Crippen molar-refractivity contribution in [2.75, 3.05) is 72.7 Å². The number of ether oxygens (including phenoxy) is 2. The molecule has 10 nitrogen and oxygen atoms in total. The van der Waals surface area contributed by atoms with Crippen LogP contribution >= 0.6 is 12.2 Å². The van der Waals surface area contributed by atoms with E-state index in [1.165, 1.54) is 4.31 Å². The van der Waals surface area contributed by atoms with Crippen LogP contribution in [0.5, 0.6) is 0 Å². The zero-order chi connectivity index (χ0) is 26.0. The fourth-order valence-corrected chi connectivity index (χ4v) is 6.20. The lowest BCUT2D eigenvalue weighted by atomic mass is 10.2. The Morgan fingerprint density at radius 3 is 2.24 bits per heavy atom. The van der Waals surface area contributed by atoms with E-state index in [4.69, 9.17) is 26.1 Å². The van der Waals surface area contributed by atoms with E-state index in [9.17, 15) is 13.2 Å². The van der Waals surface area contributed by atoms with Gasteiger partial charge in [0.05, 0.1) is 31.3 Å². The van der Waals surface area contributed by atoms with Crippen molar-refractivity contribution in [3.8, 4) is 11.3 Å². The van der Waals surface area contributed by atoms with Crippen molar-refractivity contribution in [2.45, 2.75) is 4.90 Å². The normalized spacial score (nSPS) is 21.4. The van der Waals surface area contributed by atoms with Crippen molar-refractivity contribution >= 4 is 39.3 Å². The zero-order valence-corrected chi connectivity index (χ0v) is 22.3. The first kappa shape index (κ1) is 26.0. The van der Waals surface area contributed by atoms with E-state index in [-0.39, 0.29) is 10.8 Å². The molecule has 3 aliphatic rings. The van der Waals surface area contributed by atoms with E-state index in [1.807, 2.05) is 0 Å². The third-order valence-corrected chi connectivity index (χ3v) is 9.15. The number of furan rings is 1. The van der Waals surface area contributed by atoms with Crippen LogP contribution in [0, 0.1) is 0 Å². The zero-order valence-electron chi connectivity index (χ0n) is 20.7. The first-order valence-corrected chi connectivity index (χ1v) is 14.1. The quantitative estimate of drug-likeness (QED) is 0.380. The Labute approximate surface area is 222 Å². The van der Waals surface area contributed by atoms with Gasteiger partial charge in [0.15, 0.2) is 5.11 Å². The molecule has 3 saturated heterocycles. The molecular weight excluding hydrogens is 516 g/mol. The van der Waals surface area contributed by atoms with E-state index in [0.717, 1.165) is 25.2 Å². The largest absolute Gasteiger partial charge is 0.457 e. The summed E-state index contributed by atoms with van der Waals surface area (Å²) < 4.78 is 43.8. The number of likely N-dealkylation sites (N-methyl/N-ethyl adjacent to an activating group) is 1. The number of carbonyl (C=O) groups is 1. The molecule has 0 N–H and O–H groups in total. The third-order valence-electron chi connectivity index (χ3n) is 6.74. The number of hydrogen-bond donors (Lipinski definition) is 0. The Balaban J connectivity index is 1.27. The number of hydrogen-bond acceptors (Lipinski definition) is 8. The summed E-state index contributed by atoms with van der Waals surface area (Å²) in [6, 6.07) is 10.2. The maximum absolute atomic E-state index is 13.1. The van der Waals surface area contributed by atoms with Gasteiger partial charge in [-0.25, -0.2) is 8.42 Å². The summed E-state index contributed by atoms with van der Waals surface area (Å²) in [6.45, 7) is 5.86. The van der Waals surface area contributed by atoms with Gasteiger partial charge in [-0.05, 0) is 48.6 Å². The molecule has 1 amide bonds. The van der Waals surface area contributed by atoms with Crippen molar-refractivity contribution in [1.82, 2.24) is 19.0 Å². The van der Waals surface area contributed by atoms with E-state index >= 15 is 0 Å². The molecule has 3 aliphatic heterocycles. The number of nitrogens with zero attached hydrogens (tertiary/aromatic N) is 4. The fourth-order valence-electron chi connectivity index (χ4n) is 4.52. The van der Waals surface area contributed by atoms with Crippen LogP contribution in [0.3, 0.4) is 0 Å². The van der Waals surface area contributed by atoms with Crippen LogP contribution in [0.15, 0.2) is 51.4 Å². The summed E-state index contributed by atoms with van der Waals surface area (Å²) in [4.78, 5) is 18.9. The van der Waals surface area contributed by atoms with Crippen molar-refractivity contribution in [2.24, 2.45) is 0 Å². The molecule has 0 aliphatic carbocycles. The molecule has 4 heterocycles. The molecule has 3 fully saturated rings. The van der Waals surface area contributed by atoms with Crippen molar-refractivity contribution in [3.05, 3.63) is 47.9 Å². The van der Waals surface area contributed by atoms with Crippen LogP contribution in [0.25, 0.3) is 17.4 Å². The summed E-state index contributed by atoms with van der Waals surface area (Å²) in [6.07, 6.45) is 1.68. The topological polar surface area (TPSA) is 95.8 Å². The molecule has 37 heavy (non-hydrogen) atoms. The Bertz CT molecular complexity index is 1280. The number of thiocarbonyl (C=S) groups is 1. The molecule has 0 spiro atoms. The molecule has 0 saturated carbocycles.